The highest BCUT2D eigenvalue weighted by Crippen LogP contribution is 2.26. The topological polar surface area (TPSA) is 66.8 Å². The largest absolute Gasteiger partial charge is 0.491 e. The molecule has 0 aliphatic heterocycles. The number of rotatable bonds is 6. The van der Waals surface area contributed by atoms with Crippen molar-refractivity contribution in [1.82, 2.24) is 4.57 Å². The van der Waals surface area contributed by atoms with Gasteiger partial charge < -0.3 is 18.8 Å². The van der Waals surface area contributed by atoms with Crippen LogP contribution in [0, 0.1) is 0 Å². The maximum absolute atomic E-state index is 12.1. The van der Waals surface area contributed by atoms with Crippen molar-refractivity contribution in [1.29, 1.82) is 0 Å². The van der Waals surface area contributed by atoms with E-state index in [2.05, 4.69) is 4.74 Å². The van der Waals surface area contributed by atoms with Crippen molar-refractivity contribution in [2.24, 2.45) is 7.05 Å². The molecule has 130 valence electrons. The molecule has 0 aliphatic rings. The van der Waals surface area contributed by atoms with Gasteiger partial charge in [-0.25, -0.2) is 4.79 Å². The number of carbonyl (C=O) groups is 2. The van der Waals surface area contributed by atoms with Crippen molar-refractivity contribution in [2.45, 2.75) is 26.4 Å². The van der Waals surface area contributed by atoms with Gasteiger partial charge in [-0.2, -0.15) is 0 Å². The molecule has 0 radical (unpaired) electrons. The van der Waals surface area contributed by atoms with E-state index < -0.39 is 11.8 Å². The van der Waals surface area contributed by atoms with Crippen LogP contribution in [0.2, 0.25) is 0 Å². The number of ketones is 1. The maximum atomic E-state index is 12.1. The van der Waals surface area contributed by atoms with Crippen molar-refractivity contribution in [3.63, 3.8) is 0 Å². The van der Waals surface area contributed by atoms with Crippen LogP contribution in [0.4, 0.5) is 0 Å². The molecule has 0 saturated carbocycles. The standard InChI is InChI=1S/C18H23NO5/c1-18(2,3)24-9-8-23-12-6-7-15-13(10-12)14(11-19(15)4)16(20)17(21)22-5/h6-7,10-11H,8-9H2,1-5H3. The highest BCUT2D eigenvalue weighted by atomic mass is 16.5. The van der Waals surface area contributed by atoms with Crippen molar-refractivity contribution >= 4 is 22.7 Å². The van der Waals surface area contributed by atoms with Crippen LogP contribution in [-0.4, -0.2) is 42.2 Å². The average molecular weight is 333 g/mol. The van der Waals surface area contributed by atoms with Gasteiger partial charge in [-0.05, 0) is 39.0 Å². The molecule has 0 fully saturated rings. The summed E-state index contributed by atoms with van der Waals surface area (Å²) in [6, 6.07) is 5.43. The van der Waals surface area contributed by atoms with Gasteiger partial charge >= 0.3 is 5.97 Å². The number of ether oxygens (including phenoxy) is 3. The normalized spacial score (nSPS) is 11.5. The Balaban J connectivity index is 2.20. The number of methoxy groups -OCH3 is 1. The van der Waals surface area contributed by atoms with Crippen LogP contribution in [0.15, 0.2) is 24.4 Å². The number of aryl methyl sites for hydroxylation is 1. The summed E-state index contributed by atoms with van der Waals surface area (Å²) in [6.45, 7) is 6.80. The number of fused-ring (bicyclic) bond motifs is 1. The van der Waals surface area contributed by atoms with Crippen LogP contribution in [0.1, 0.15) is 31.1 Å². The summed E-state index contributed by atoms with van der Waals surface area (Å²) in [5, 5.41) is 0.655. The molecular formula is C18H23NO5. The molecule has 24 heavy (non-hydrogen) atoms. The van der Waals surface area contributed by atoms with E-state index in [0.717, 1.165) is 5.52 Å². The van der Waals surface area contributed by atoms with Crippen LogP contribution in [0.5, 0.6) is 5.75 Å². The quantitative estimate of drug-likeness (QED) is 0.352. The van der Waals surface area contributed by atoms with Crippen LogP contribution < -0.4 is 4.74 Å². The third kappa shape index (κ3) is 4.14. The van der Waals surface area contributed by atoms with Crippen LogP contribution in [-0.2, 0) is 21.3 Å². The lowest BCUT2D eigenvalue weighted by atomic mass is 10.1. The summed E-state index contributed by atoms with van der Waals surface area (Å²) in [4.78, 5) is 23.7. The molecule has 0 saturated heterocycles. The molecule has 1 heterocycles. The van der Waals surface area contributed by atoms with E-state index in [9.17, 15) is 9.59 Å². The second-order valence-corrected chi connectivity index (χ2v) is 6.46. The minimum atomic E-state index is -0.882. The summed E-state index contributed by atoms with van der Waals surface area (Å²) < 4.78 is 17.6. The molecular weight excluding hydrogens is 310 g/mol. The SMILES string of the molecule is COC(=O)C(=O)c1cn(C)c2ccc(OCCOC(C)(C)C)cc12. The zero-order valence-corrected chi connectivity index (χ0v) is 14.7. The Morgan fingerprint density at radius 2 is 1.88 bits per heavy atom. The fourth-order valence-electron chi connectivity index (χ4n) is 2.35. The Labute approximate surface area is 141 Å². The van der Waals surface area contributed by atoms with E-state index in [4.69, 9.17) is 9.47 Å². The number of Topliss-reactive ketones (excluding diaryl/α,β-unsaturated/α-hetero) is 1. The molecule has 2 rings (SSSR count). The molecule has 0 spiro atoms. The molecule has 1 aromatic carbocycles. The number of hydrogen-bond acceptors (Lipinski definition) is 5. The first kappa shape index (κ1) is 18.0. The second-order valence-electron chi connectivity index (χ2n) is 6.46. The summed E-state index contributed by atoms with van der Waals surface area (Å²) in [5.74, 6) is -0.936. The van der Waals surface area contributed by atoms with Gasteiger partial charge in [0.1, 0.15) is 12.4 Å². The van der Waals surface area contributed by atoms with Crippen molar-refractivity contribution in [3.8, 4) is 5.75 Å². The van der Waals surface area contributed by atoms with E-state index in [1.165, 1.54) is 7.11 Å². The van der Waals surface area contributed by atoms with Crippen molar-refractivity contribution in [2.75, 3.05) is 20.3 Å². The van der Waals surface area contributed by atoms with E-state index in [1.54, 1.807) is 16.8 Å². The van der Waals surface area contributed by atoms with Gasteiger partial charge in [-0.3, -0.25) is 4.79 Å². The van der Waals surface area contributed by atoms with Gasteiger partial charge in [0.2, 0.25) is 0 Å². The fraction of sp³-hybridized carbons (Fsp3) is 0.444. The third-order valence-corrected chi connectivity index (χ3v) is 3.46. The van der Waals surface area contributed by atoms with E-state index in [1.807, 2.05) is 40.0 Å². The first-order chi connectivity index (χ1) is 11.2. The lowest BCUT2D eigenvalue weighted by Crippen LogP contribution is -2.22. The second kappa shape index (κ2) is 7.05. The lowest BCUT2D eigenvalue weighted by Gasteiger charge is -2.19. The molecule has 6 nitrogen and oxygen atoms in total. The van der Waals surface area contributed by atoms with Crippen LogP contribution in [0.25, 0.3) is 10.9 Å². The van der Waals surface area contributed by atoms with Gasteiger partial charge in [0, 0.05) is 24.1 Å². The number of benzene rings is 1. The Morgan fingerprint density at radius 3 is 2.50 bits per heavy atom. The average Bonchev–Trinajstić information content (AvgIpc) is 2.85. The fourth-order valence-corrected chi connectivity index (χ4v) is 2.35. The minimum Gasteiger partial charge on any atom is -0.491 e. The number of hydrogen-bond donors (Lipinski definition) is 0. The highest BCUT2D eigenvalue weighted by Gasteiger charge is 2.22. The number of aromatic nitrogens is 1. The monoisotopic (exact) mass is 333 g/mol. The van der Waals surface area contributed by atoms with Gasteiger partial charge in [-0.1, -0.05) is 0 Å². The van der Waals surface area contributed by atoms with Crippen LogP contribution >= 0.6 is 0 Å². The van der Waals surface area contributed by atoms with E-state index >= 15 is 0 Å². The Kier molecular flexibility index (Phi) is 5.29. The van der Waals surface area contributed by atoms with Crippen molar-refractivity contribution < 1.29 is 23.8 Å². The third-order valence-electron chi connectivity index (χ3n) is 3.46. The van der Waals surface area contributed by atoms with Crippen molar-refractivity contribution in [3.05, 3.63) is 30.0 Å². The molecule has 0 unspecified atom stereocenters. The van der Waals surface area contributed by atoms with Gasteiger partial charge in [0.15, 0.2) is 0 Å². The summed E-state index contributed by atoms with van der Waals surface area (Å²) in [6.07, 6.45) is 1.62. The lowest BCUT2D eigenvalue weighted by molar-refractivity contribution is -0.135. The number of nitrogens with zero attached hydrogens (tertiary/aromatic N) is 1. The zero-order valence-electron chi connectivity index (χ0n) is 14.7. The van der Waals surface area contributed by atoms with Crippen LogP contribution in [0.3, 0.4) is 0 Å². The first-order valence-electron chi connectivity index (χ1n) is 7.71. The minimum absolute atomic E-state index is 0.215. The van der Waals surface area contributed by atoms with E-state index in [-0.39, 0.29) is 5.60 Å². The predicted molar refractivity (Wildman–Crippen MR) is 90.5 cm³/mol. The molecule has 6 heteroatoms. The molecule has 0 atom stereocenters. The Morgan fingerprint density at radius 1 is 1.17 bits per heavy atom. The smallest absolute Gasteiger partial charge is 0.379 e. The van der Waals surface area contributed by atoms with E-state index in [0.29, 0.717) is 29.9 Å². The predicted octanol–water partition coefficient (Wildman–Crippen LogP) is 2.73. The maximum Gasteiger partial charge on any atom is 0.379 e. The molecule has 0 N–H and O–H groups in total. The van der Waals surface area contributed by atoms with Gasteiger partial charge in [-0.15, -0.1) is 0 Å². The Bertz CT molecular complexity index is 755. The van der Waals surface area contributed by atoms with Gasteiger partial charge in [0.25, 0.3) is 5.78 Å². The molecule has 0 amide bonds. The Hall–Kier alpha value is -2.34. The highest BCUT2D eigenvalue weighted by molar-refractivity contribution is 6.43. The number of carbonyl (C=O) groups excluding carboxylic acids is 2. The molecule has 0 bridgehead atoms. The molecule has 0 aliphatic carbocycles. The molecule has 2 aromatic rings. The summed E-state index contributed by atoms with van der Waals surface area (Å²) in [5.41, 5.74) is 0.920. The molecule has 1 aromatic heterocycles. The zero-order chi connectivity index (χ0) is 17.9. The number of esters is 1. The summed E-state index contributed by atoms with van der Waals surface area (Å²) >= 11 is 0. The summed E-state index contributed by atoms with van der Waals surface area (Å²) in [7, 11) is 3.00. The first-order valence-corrected chi connectivity index (χ1v) is 7.71. The van der Waals surface area contributed by atoms with Gasteiger partial charge in [0.05, 0.1) is 24.9 Å².